The maximum atomic E-state index is 11.5. The van der Waals surface area contributed by atoms with Gasteiger partial charge in [-0.15, -0.1) is 0 Å². The van der Waals surface area contributed by atoms with E-state index in [4.69, 9.17) is 4.74 Å². The Balaban J connectivity index is 2.84. The van der Waals surface area contributed by atoms with Gasteiger partial charge in [0.05, 0.1) is 13.3 Å². The molecule has 0 saturated heterocycles. The third kappa shape index (κ3) is 11.7. The minimum Gasteiger partial charge on any atom is -0.380 e. The van der Waals surface area contributed by atoms with Crippen LogP contribution in [0, 0.1) is 0 Å². The van der Waals surface area contributed by atoms with Crippen molar-refractivity contribution in [2.45, 2.75) is 19.8 Å². The molecule has 13 heavy (non-hydrogen) atoms. The molecule has 0 aromatic rings. The summed E-state index contributed by atoms with van der Waals surface area (Å²) in [6.07, 6.45) is -1.40. The summed E-state index contributed by atoms with van der Waals surface area (Å²) >= 11 is 0. The van der Waals surface area contributed by atoms with Crippen LogP contribution in [0.3, 0.4) is 0 Å². The van der Waals surface area contributed by atoms with Gasteiger partial charge in [-0.3, -0.25) is 5.32 Å². The average Bonchev–Trinajstić information content (AvgIpc) is 2.09. The highest BCUT2D eigenvalue weighted by atomic mass is 19.3. The molecular weight excluding hydrogens is 180 g/mol. The van der Waals surface area contributed by atoms with Crippen LogP contribution in [-0.2, 0) is 9.47 Å². The zero-order valence-corrected chi connectivity index (χ0v) is 7.89. The van der Waals surface area contributed by atoms with E-state index in [1.54, 1.807) is 0 Å². The highest BCUT2D eigenvalue weighted by Gasteiger charge is 2.00. The second-order valence-electron chi connectivity index (χ2n) is 2.52. The van der Waals surface area contributed by atoms with E-state index in [2.05, 4.69) is 10.1 Å². The fourth-order valence-electron chi connectivity index (χ4n) is 0.683. The Bertz CT molecular complexity index is 104. The second-order valence-corrected chi connectivity index (χ2v) is 2.52. The topological polar surface area (TPSA) is 30.5 Å². The van der Waals surface area contributed by atoms with E-state index in [1.165, 1.54) is 0 Å². The minimum absolute atomic E-state index is 0.153. The second kappa shape index (κ2) is 9.83. The molecule has 0 heterocycles. The first-order chi connectivity index (χ1) is 6.27. The number of alkyl halides is 2. The summed E-state index contributed by atoms with van der Waals surface area (Å²) in [6.45, 7) is 3.62. The van der Waals surface area contributed by atoms with E-state index in [9.17, 15) is 8.78 Å². The van der Waals surface area contributed by atoms with Crippen molar-refractivity contribution in [3.63, 3.8) is 0 Å². The van der Waals surface area contributed by atoms with E-state index in [0.717, 1.165) is 13.0 Å². The standard InChI is InChI=1S/C8H17F2NO2/c1-2-4-12-5-3-11-7-13-6-8(9)10/h8,11H,2-7H2,1H3. The van der Waals surface area contributed by atoms with Gasteiger partial charge in [0.1, 0.15) is 6.61 Å². The Morgan fingerprint density at radius 1 is 1.23 bits per heavy atom. The first kappa shape index (κ1) is 12.7. The number of hydrogen-bond acceptors (Lipinski definition) is 3. The van der Waals surface area contributed by atoms with Crippen molar-refractivity contribution in [2.75, 3.05) is 33.1 Å². The molecule has 0 aliphatic rings. The molecule has 0 fully saturated rings. The van der Waals surface area contributed by atoms with Crippen LogP contribution in [0.25, 0.3) is 0 Å². The first-order valence-corrected chi connectivity index (χ1v) is 4.41. The van der Waals surface area contributed by atoms with Gasteiger partial charge in [0, 0.05) is 13.2 Å². The molecule has 0 aromatic carbocycles. The predicted molar refractivity (Wildman–Crippen MR) is 45.9 cm³/mol. The van der Waals surface area contributed by atoms with Crippen molar-refractivity contribution < 1.29 is 18.3 Å². The molecular formula is C8H17F2NO2. The van der Waals surface area contributed by atoms with Crippen molar-refractivity contribution in [3.05, 3.63) is 0 Å². The monoisotopic (exact) mass is 197 g/mol. The van der Waals surface area contributed by atoms with Crippen LogP contribution in [0.1, 0.15) is 13.3 Å². The van der Waals surface area contributed by atoms with Crippen molar-refractivity contribution >= 4 is 0 Å². The Kier molecular flexibility index (Phi) is 9.63. The first-order valence-electron chi connectivity index (χ1n) is 4.41. The molecule has 0 unspecified atom stereocenters. The van der Waals surface area contributed by atoms with Crippen LogP contribution in [-0.4, -0.2) is 39.5 Å². The number of hydrogen-bond donors (Lipinski definition) is 1. The molecule has 0 spiro atoms. The maximum Gasteiger partial charge on any atom is 0.261 e. The van der Waals surface area contributed by atoms with Crippen LogP contribution in [0.5, 0.6) is 0 Å². The minimum atomic E-state index is -2.39. The normalized spacial score (nSPS) is 11.1. The number of rotatable bonds is 9. The van der Waals surface area contributed by atoms with Crippen molar-refractivity contribution in [2.24, 2.45) is 0 Å². The van der Waals surface area contributed by atoms with Gasteiger partial charge in [0.15, 0.2) is 0 Å². The number of nitrogens with one attached hydrogen (secondary N) is 1. The van der Waals surface area contributed by atoms with Gasteiger partial charge in [-0.05, 0) is 6.42 Å². The Hall–Kier alpha value is -0.260. The zero-order chi connectivity index (χ0) is 9.94. The zero-order valence-electron chi connectivity index (χ0n) is 7.89. The van der Waals surface area contributed by atoms with E-state index in [1.807, 2.05) is 6.92 Å². The molecule has 0 atom stereocenters. The van der Waals surface area contributed by atoms with E-state index in [-0.39, 0.29) is 6.73 Å². The lowest BCUT2D eigenvalue weighted by molar-refractivity contribution is 0.00832. The summed E-state index contributed by atoms with van der Waals surface area (Å²) in [5.41, 5.74) is 0. The molecule has 0 amide bonds. The molecule has 0 aliphatic carbocycles. The van der Waals surface area contributed by atoms with Crippen LogP contribution >= 0.6 is 0 Å². The molecule has 0 saturated carbocycles. The molecule has 80 valence electrons. The van der Waals surface area contributed by atoms with E-state index in [0.29, 0.717) is 13.2 Å². The van der Waals surface area contributed by atoms with Crippen molar-refractivity contribution in [1.82, 2.24) is 5.32 Å². The average molecular weight is 197 g/mol. The summed E-state index contributed by atoms with van der Waals surface area (Å²) in [7, 11) is 0. The molecule has 3 nitrogen and oxygen atoms in total. The quantitative estimate of drug-likeness (QED) is 0.445. The summed E-state index contributed by atoms with van der Waals surface area (Å²) in [5, 5.41) is 2.82. The van der Waals surface area contributed by atoms with Gasteiger partial charge in [-0.25, -0.2) is 8.78 Å². The molecule has 0 bridgehead atoms. The highest BCUT2D eigenvalue weighted by molar-refractivity contribution is 4.39. The van der Waals surface area contributed by atoms with Crippen molar-refractivity contribution in [3.8, 4) is 0 Å². The fourth-order valence-corrected chi connectivity index (χ4v) is 0.683. The SMILES string of the molecule is CCCOCCNCOCC(F)F. The third-order valence-electron chi connectivity index (χ3n) is 1.22. The third-order valence-corrected chi connectivity index (χ3v) is 1.22. The van der Waals surface area contributed by atoms with Crippen LogP contribution in [0.15, 0.2) is 0 Å². The Morgan fingerprint density at radius 3 is 2.62 bits per heavy atom. The molecule has 5 heteroatoms. The van der Waals surface area contributed by atoms with Crippen LogP contribution < -0.4 is 5.32 Å². The number of halogens is 2. The van der Waals surface area contributed by atoms with Gasteiger partial charge < -0.3 is 9.47 Å². The predicted octanol–water partition coefficient (Wildman–Crippen LogP) is 1.24. The summed E-state index contributed by atoms with van der Waals surface area (Å²) in [6, 6.07) is 0. The molecule has 0 aliphatic heterocycles. The molecule has 1 N–H and O–H groups in total. The Morgan fingerprint density at radius 2 is 2.00 bits per heavy atom. The van der Waals surface area contributed by atoms with E-state index >= 15 is 0 Å². The van der Waals surface area contributed by atoms with Gasteiger partial charge >= 0.3 is 0 Å². The van der Waals surface area contributed by atoms with Gasteiger partial charge in [-0.1, -0.05) is 6.92 Å². The lowest BCUT2D eigenvalue weighted by atomic mass is 10.5. The van der Waals surface area contributed by atoms with Gasteiger partial charge in [0.2, 0.25) is 0 Å². The lowest BCUT2D eigenvalue weighted by Crippen LogP contribution is -2.24. The maximum absolute atomic E-state index is 11.5. The smallest absolute Gasteiger partial charge is 0.261 e. The molecule has 0 aromatic heterocycles. The summed E-state index contributed by atoms with van der Waals surface area (Å²) in [4.78, 5) is 0. The fraction of sp³-hybridized carbons (Fsp3) is 1.00. The van der Waals surface area contributed by atoms with Gasteiger partial charge in [0.25, 0.3) is 6.43 Å². The summed E-state index contributed by atoms with van der Waals surface area (Å²) < 4.78 is 32.8. The van der Waals surface area contributed by atoms with Crippen molar-refractivity contribution in [1.29, 1.82) is 0 Å². The number of ether oxygens (including phenoxy) is 2. The van der Waals surface area contributed by atoms with Crippen LogP contribution in [0.2, 0.25) is 0 Å². The summed E-state index contributed by atoms with van der Waals surface area (Å²) in [5.74, 6) is 0. The van der Waals surface area contributed by atoms with Gasteiger partial charge in [-0.2, -0.15) is 0 Å². The Labute approximate surface area is 77.4 Å². The molecule has 0 rings (SSSR count). The lowest BCUT2D eigenvalue weighted by Gasteiger charge is -2.05. The highest BCUT2D eigenvalue weighted by Crippen LogP contribution is 1.90. The van der Waals surface area contributed by atoms with E-state index < -0.39 is 13.0 Å². The van der Waals surface area contributed by atoms with Crippen LogP contribution in [0.4, 0.5) is 8.78 Å². The molecule has 0 radical (unpaired) electrons. The largest absolute Gasteiger partial charge is 0.380 e.